The topological polar surface area (TPSA) is 87.2 Å². The highest BCUT2D eigenvalue weighted by Crippen LogP contribution is 2.36. The maximum atomic E-state index is 14.1. The second-order valence-electron chi connectivity index (χ2n) is 10.9. The Labute approximate surface area is 225 Å². The van der Waals surface area contributed by atoms with Crippen LogP contribution in [-0.4, -0.2) is 52.4 Å². The Morgan fingerprint density at radius 3 is 2.47 bits per heavy atom. The standard InChI is InChI=1S/C31H39N5O2/c1-20(32-3)30(37)35-29(23-11-5-4-6-12-23)31(38)36-17-9-14-28(36)27-19-26(33-21(2)34-27)25-16-15-22-10-7-8-13-24(22)18-25/h7-8,10,13,15-16,18-20,23,28-29,32H,4-6,9,11-12,14,17H2,1-3H3,(H,35,37)/t20-,28-,29-/m0/s1. The fraction of sp³-hybridized carbons (Fsp3) is 0.484. The summed E-state index contributed by atoms with van der Waals surface area (Å²) in [6.45, 7) is 4.42. The number of carbonyl (C=O) groups excluding carboxylic acids is 2. The highest BCUT2D eigenvalue weighted by atomic mass is 16.2. The van der Waals surface area contributed by atoms with Gasteiger partial charge in [-0.3, -0.25) is 9.59 Å². The van der Waals surface area contributed by atoms with Crippen molar-refractivity contribution in [1.82, 2.24) is 25.5 Å². The van der Waals surface area contributed by atoms with Gasteiger partial charge in [-0.2, -0.15) is 0 Å². The van der Waals surface area contributed by atoms with Crippen LogP contribution in [0.15, 0.2) is 48.5 Å². The maximum Gasteiger partial charge on any atom is 0.246 e. The fourth-order valence-electron chi connectivity index (χ4n) is 6.03. The van der Waals surface area contributed by atoms with E-state index in [1.165, 1.54) is 17.2 Å². The normalized spacial score (nSPS) is 19.9. The van der Waals surface area contributed by atoms with E-state index in [0.717, 1.165) is 55.5 Å². The number of hydrogen-bond acceptors (Lipinski definition) is 5. The molecule has 2 fully saturated rings. The third-order valence-corrected chi connectivity index (χ3v) is 8.29. The van der Waals surface area contributed by atoms with Gasteiger partial charge in [0, 0.05) is 12.1 Å². The van der Waals surface area contributed by atoms with Crippen LogP contribution in [0.5, 0.6) is 0 Å². The van der Waals surface area contributed by atoms with E-state index in [1.54, 1.807) is 7.05 Å². The van der Waals surface area contributed by atoms with E-state index < -0.39 is 6.04 Å². The van der Waals surface area contributed by atoms with Gasteiger partial charge in [-0.25, -0.2) is 9.97 Å². The monoisotopic (exact) mass is 513 g/mol. The van der Waals surface area contributed by atoms with E-state index in [-0.39, 0.29) is 29.8 Å². The van der Waals surface area contributed by atoms with E-state index in [4.69, 9.17) is 9.97 Å². The number of hydrogen-bond donors (Lipinski definition) is 2. The Morgan fingerprint density at radius 2 is 1.71 bits per heavy atom. The van der Waals surface area contributed by atoms with Crippen LogP contribution in [0, 0.1) is 12.8 Å². The van der Waals surface area contributed by atoms with E-state index >= 15 is 0 Å². The minimum absolute atomic E-state index is 0.0274. The molecule has 0 spiro atoms. The number of aromatic nitrogens is 2. The predicted octanol–water partition coefficient (Wildman–Crippen LogP) is 4.94. The highest BCUT2D eigenvalue weighted by molar-refractivity contribution is 5.90. The van der Waals surface area contributed by atoms with Crippen LogP contribution >= 0.6 is 0 Å². The van der Waals surface area contributed by atoms with Crippen molar-refractivity contribution in [3.05, 3.63) is 60.0 Å². The van der Waals surface area contributed by atoms with Gasteiger partial charge >= 0.3 is 0 Å². The van der Waals surface area contributed by atoms with Crippen molar-refractivity contribution in [2.24, 2.45) is 5.92 Å². The quantitative estimate of drug-likeness (QED) is 0.467. The van der Waals surface area contributed by atoms with E-state index in [1.807, 2.05) is 36.9 Å². The molecule has 0 radical (unpaired) electrons. The molecule has 1 aromatic heterocycles. The molecule has 2 amide bonds. The van der Waals surface area contributed by atoms with Crippen molar-refractivity contribution in [2.45, 2.75) is 76.9 Å². The molecule has 2 aliphatic rings. The summed E-state index contributed by atoms with van der Waals surface area (Å²) < 4.78 is 0. The molecule has 7 heteroatoms. The fourth-order valence-corrected chi connectivity index (χ4v) is 6.03. The zero-order valence-electron chi connectivity index (χ0n) is 22.7. The molecule has 0 bridgehead atoms. The first-order valence-corrected chi connectivity index (χ1v) is 14.1. The zero-order chi connectivity index (χ0) is 26.6. The van der Waals surface area contributed by atoms with E-state index in [2.05, 4.69) is 41.0 Å². The molecule has 3 atom stereocenters. The number of aryl methyl sites for hydroxylation is 1. The number of likely N-dealkylation sites (N-methyl/N-ethyl adjacent to an activating group) is 1. The Balaban J connectivity index is 1.43. The number of fused-ring (bicyclic) bond motifs is 1. The molecule has 7 nitrogen and oxygen atoms in total. The summed E-state index contributed by atoms with van der Waals surface area (Å²) in [6.07, 6.45) is 7.14. The number of carbonyl (C=O) groups is 2. The minimum Gasteiger partial charge on any atom is -0.343 e. The van der Waals surface area contributed by atoms with Gasteiger partial charge in [0.15, 0.2) is 0 Å². The van der Waals surface area contributed by atoms with Gasteiger partial charge in [0.2, 0.25) is 11.8 Å². The van der Waals surface area contributed by atoms with Crippen LogP contribution in [0.25, 0.3) is 22.0 Å². The van der Waals surface area contributed by atoms with Crippen LogP contribution in [0.1, 0.15) is 69.4 Å². The number of amides is 2. The van der Waals surface area contributed by atoms with Crippen LogP contribution < -0.4 is 10.6 Å². The number of likely N-dealkylation sites (tertiary alicyclic amines) is 1. The molecule has 38 heavy (non-hydrogen) atoms. The van der Waals surface area contributed by atoms with E-state index in [0.29, 0.717) is 12.4 Å². The van der Waals surface area contributed by atoms with E-state index in [9.17, 15) is 9.59 Å². The number of nitrogens with one attached hydrogen (secondary N) is 2. The lowest BCUT2D eigenvalue weighted by Gasteiger charge is -2.35. The van der Waals surface area contributed by atoms with Gasteiger partial charge in [-0.05, 0) is 75.4 Å². The third kappa shape index (κ3) is 5.58. The molecule has 1 saturated carbocycles. The molecule has 200 valence electrons. The molecule has 2 N–H and O–H groups in total. The van der Waals surface area contributed by atoms with Gasteiger partial charge in [-0.15, -0.1) is 0 Å². The SMILES string of the molecule is CN[C@@H](C)C(=O)N[C@H](C(=O)N1CCC[C@H]1c1cc(-c2ccc3ccccc3c2)nc(C)n1)C1CCCCC1. The molecule has 0 unspecified atom stereocenters. The Bertz CT molecular complexity index is 1300. The number of rotatable bonds is 7. The summed E-state index contributed by atoms with van der Waals surface area (Å²) in [6, 6.07) is 15.8. The average Bonchev–Trinajstić information content (AvgIpc) is 3.45. The molecular formula is C31H39N5O2. The molecule has 2 aromatic carbocycles. The summed E-state index contributed by atoms with van der Waals surface area (Å²) >= 11 is 0. The molecule has 3 aromatic rings. The average molecular weight is 514 g/mol. The van der Waals surface area contributed by atoms with Crippen molar-refractivity contribution in [2.75, 3.05) is 13.6 Å². The predicted molar refractivity (Wildman–Crippen MR) is 150 cm³/mol. The van der Waals surface area contributed by atoms with Crippen molar-refractivity contribution >= 4 is 22.6 Å². The summed E-state index contributed by atoms with van der Waals surface area (Å²) in [7, 11) is 1.77. The Kier molecular flexibility index (Phi) is 8.03. The maximum absolute atomic E-state index is 14.1. The van der Waals surface area contributed by atoms with Gasteiger partial charge in [0.1, 0.15) is 11.9 Å². The van der Waals surface area contributed by atoms with Crippen LogP contribution in [0.2, 0.25) is 0 Å². The molecule has 1 aliphatic heterocycles. The third-order valence-electron chi connectivity index (χ3n) is 8.29. The lowest BCUT2D eigenvalue weighted by Crippen LogP contribution is -2.55. The van der Waals surface area contributed by atoms with Crippen LogP contribution in [0.3, 0.4) is 0 Å². The summed E-state index contributed by atoms with van der Waals surface area (Å²) in [5.74, 6) is 0.777. The first-order valence-electron chi connectivity index (χ1n) is 14.1. The van der Waals surface area contributed by atoms with Crippen LogP contribution in [0.4, 0.5) is 0 Å². The lowest BCUT2D eigenvalue weighted by atomic mass is 9.83. The first-order chi connectivity index (χ1) is 18.4. The number of nitrogens with zero attached hydrogens (tertiary/aromatic N) is 3. The van der Waals surface area contributed by atoms with Gasteiger partial charge in [0.25, 0.3) is 0 Å². The summed E-state index contributed by atoms with van der Waals surface area (Å²) in [5.41, 5.74) is 2.79. The Hall–Kier alpha value is -3.32. The van der Waals surface area contributed by atoms with Crippen LogP contribution in [-0.2, 0) is 9.59 Å². The largest absolute Gasteiger partial charge is 0.343 e. The molecule has 1 saturated heterocycles. The van der Waals surface area contributed by atoms with Crippen molar-refractivity contribution < 1.29 is 9.59 Å². The molecule has 1 aliphatic carbocycles. The van der Waals surface area contributed by atoms with Crippen molar-refractivity contribution in [1.29, 1.82) is 0 Å². The van der Waals surface area contributed by atoms with Gasteiger partial charge < -0.3 is 15.5 Å². The lowest BCUT2D eigenvalue weighted by molar-refractivity contribution is -0.139. The summed E-state index contributed by atoms with van der Waals surface area (Å²) in [4.78, 5) is 38.5. The Morgan fingerprint density at radius 1 is 0.947 bits per heavy atom. The second kappa shape index (κ2) is 11.6. The molecule has 5 rings (SSSR count). The second-order valence-corrected chi connectivity index (χ2v) is 10.9. The van der Waals surface area contributed by atoms with Gasteiger partial charge in [0.05, 0.1) is 23.5 Å². The van der Waals surface area contributed by atoms with Crippen molar-refractivity contribution in [3.63, 3.8) is 0 Å². The highest BCUT2D eigenvalue weighted by Gasteiger charge is 2.39. The zero-order valence-corrected chi connectivity index (χ0v) is 22.7. The molecule has 2 heterocycles. The molecular weight excluding hydrogens is 474 g/mol. The van der Waals surface area contributed by atoms with Crippen molar-refractivity contribution in [3.8, 4) is 11.3 Å². The first kappa shape index (κ1) is 26.3. The summed E-state index contributed by atoms with van der Waals surface area (Å²) in [5, 5.41) is 8.49. The number of benzene rings is 2. The smallest absolute Gasteiger partial charge is 0.246 e. The minimum atomic E-state index is -0.498. The van der Waals surface area contributed by atoms with Gasteiger partial charge in [-0.1, -0.05) is 55.7 Å².